The average molecular weight is 183 g/mol. The van der Waals surface area contributed by atoms with E-state index >= 15 is 0 Å². The van der Waals surface area contributed by atoms with Gasteiger partial charge in [0.05, 0.1) is 19.3 Å². The number of nitrogens with zero attached hydrogens (tertiary/aromatic N) is 2. The molecule has 0 spiro atoms. The van der Waals surface area contributed by atoms with Crippen molar-refractivity contribution < 1.29 is 4.74 Å². The predicted octanol–water partition coefficient (Wildman–Crippen LogP) is -0.0503. The van der Waals surface area contributed by atoms with Crippen LogP contribution in [0.2, 0.25) is 0 Å². The fourth-order valence-corrected chi connectivity index (χ4v) is 1.27. The second kappa shape index (κ2) is 4.56. The zero-order valence-electron chi connectivity index (χ0n) is 8.12. The molecule has 1 atom stereocenters. The summed E-state index contributed by atoms with van der Waals surface area (Å²) in [5, 5.41) is 8.71. The molecule has 0 amide bonds. The van der Waals surface area contributed by atoms with Crippen molar-refractivity contribution >= 4 is 0 Å². The van der Waals surface area contributed by atoms with Gasteiger partial charge in [0.15, 0.2) is 0 Å². The highest BCUT2D eigenvalue weighted by Crippen LogP contribution is 2.06. The molecule has 0 aromatic rings. The average Bonchev–Trinajstić information content (AvgIpc) is 2.17. The largest absolute Gasteiger partial charge is 0.379 e. The molecule has 4 heteroatoms. The molecule has 1 fully saturated rings. The molecule has 1 rings (SSSR count). The lowest BCUT2D eigenvalue weighted by atomic mass is 10.0. The summed E-state index contributed by atoms with van der Waals surface area (Å²) < 4.78 is 5.22. The Morgan fingerprint density at radius 2 is 2.15 bits per heavy atom. The second-order valence-corrected chi connectivity index (χ2v) is 3.73. The molecule has 13 heavy (non-hydrogen) atoms. The third-order valence-corrected chi connectivity index (χ3v) is 2.31. The summed E-state index contributed by atoms with van der Waals surface area (Å²) in [5.74, 6) is 0. The summed E-state index contributed by atoms with van der Waals surface area (Å²) in [7, 11) is 0. The van der Waals surface area contributed by atoms with Gasteiger partial charge in [-0.3, -0.25) is 4.90 Å². The number of hydrogen-bond donors (Lipinski definition) is 1. The molecular formula is C9H17N3O. The lowest BCUT2D eigenvalue weighted by molar-refractivity contribution is 0.0359. The van der Waals surface area contributed by atoms with E-state index in [0.717, 1.165) is 39.3 Å². The smallest absolute Gasteiger partial charge is 0.102 e. The maximum absolute atomic E-state index is 8.71. The predicted molar refractivity (Wildman–Crippen MR) is 50.1 cm³/mol. The lowest BCUT2D eigenvalue weighted by Crippen LogP contribution is -2.42. The molecule has 0 saturated carbocycles. The maximum atomic E-state index is 8.71. The second-order valence-electron chi connectivity index (χ2n) is 3.73. The van der Waals surface area contributed by atoms with Gasteiger partial charge in [-0.1, -0.05) is 0 Å². The Balaban J connectivity index is 2.22. The monoisotopic (exact) mass is 183 g/mol. The van der Waals surface area contributed by atoms with Crippen molar-refractivity contribution in [3.8, 4) is 6.07 Å². The zero-order valence-corrected chi connectivity index (χ0v) is 8.12. The minimum absolute atomic E-state index is 0.682. The highest BCUT2D eigenvalue weighted by atomic mass is 16.5. The Morgan fingerprint density at radius 1 is 1.54 bits per heavy atom. The maximum Gasteiger partial charge on any atom is 0.102 e. The van der Waals surface area contributed by atoms with Crippen LogP contribution in [0.5, 0.6) is 0 Å². The Morgan fingerprint density at radius 3 is 2.69 bits per heavy atom. The first-order chi connectivity index (χ1) is 6.14. The minimum atomic E-state index is -0.682. The normalized spacial score (nSPS) is 23.5. The molecule has 1 saturated heterocycles. The van der Waals surface area contributed by atoms with Gasteiger partial charge in [0.1, 0.15) is 5.54 Å². The van der Waals surface area contributed by atoms with E-state index in [4.69, 9.17) is 15.7 Å². The van der Waals surface area contributed by atoms with E-state index in [9.17, 15) is 0 Å². The number of nitrogens with two attached hydrogens (primary N) is 1. The van der Waals surface area contributed by atoms with Crippen LogP contribution in [-0.2, 0) is 4.74 Å². The molecule has 0 aromatic carbocycles. The fourth-order valence-electron chi connectivity index (χ4n) is 1.27. The summed E-state index contributed by atoms with van der Waals surface area (Å²) in [5.41, 5.74) is 5.03. The van der Waals surface area contributed by atoms with Crippen molar-refractivity contribution in [2.75, 3.05) is 32.8 Å². The number of ether oxygens (including phenoxy) is 1. The fraction of sp³-hybridized carbons (Fsp3) is 0.889. The molecule has 74 valence electrons. The Hall–Kier alpha value is -0.630. The van der Waals surface area contributed by atoms with Crippen LogP contribution in [0.1, 0.15) is 13.3 Å². The first-order valence-electron chi connectivity index (χ1n) is 4.64. The first kappa shape index (κ1) is 10.5. The van der Waals surface area contributed by atoms with Crippen LogP contribution in [0.15, 0.2) is 0 Å². The van der Waals surface area contributed by atoms with Gasteiger partial charge in [-0.2, -0.15) is 5.26 Å². The molecule has 2 N–H and O–H groups in total. The van der Waals surface area contributed by atoms with Gasteiger partial charge in [0.25, 0.3) is 0 Å². The molecule has 1 heterocycles. The van der Waals surface area contributed by atoms with Gasteiger partial charge in [0.2, 0.25) is 0 Å². The highest BCUT2D eigenvalue weighted by molar-refractivity contribution is 5.01. The van der Waals surface area contributed by atoms with Crippen LogP contribution >= 0.6 is 0 Å². The van der Waals surface area contributed by atoms with Crippen LogP contribution < -0.4 is 5.73 Å². The summed E-state index contributed by atoms with van der Waals surface area (Å²) >= 11 is 0. The van der Waals surface area contributed by atoms with E-state index < -0.39 is 5.54 Å². The van der Waals surface area contributed by atoms with Crippen molar-refractivity contribution in [3.05, 3.63) is 0 Å². The Bertz CT molecular complexity index is 192. The number of nitriles is 1. The van der Waals surface area contributed by atoms with Gasteiger partial charge < -0.3 is 10.5 Å². The van der Waals surface area contributed by atoms with Gasteiger partial charge in [-0.25, -0.2) is 0 Å². The van der Waals surface area contributed by atoms with Crippen LogP contribution in [-0.4, -0.2) is 43.3 Å². The lowest BCUT2D eigenvalue weighted by Gasteiger charge is -2.28. The van der Waals surface area contributed by atoms with Crippen molar-refractivity contribution in [2.24, 2.45) is 5.73 Å². The molecule has 1 unspecified atom stereocenters. The first-order valence-corrected chi connectivity index (χ1v) is 4.64. The molecule has 0 aliphatic carbocycles. The highest BCUT2D eigenvalue weighted by Gasteiger charge is 2.19. The van der Waals surface area contributed by atoms with E-state index in [1.165, 1.54) is 0 Å². The molecule has 0 radical (unpaired) electrons. The van der Waals surface area contributed by atoms with Gasteiger partial charge in [0, 0.05) is 19.6 Å². The van der Waals surface area contributed by atoms with Gasteiger partial charge in [-0.05, 0) is 13.3 Å². The number of morpholine rings is 1. The van der Waals surface area contributed by atoms with Crippen molar-refractivity contribution in [1.82, 2.24) is 4.90 Å². The van der Waals surface area contributed by atoms with E-state index in [2.05, 4.69) is 11.0 Å². The molecule has 4 nitrogen and oxygen atoms in total. The molecule has 0 bridgehead atoms. The molecule has 1 aliphatic rings. The van der Waals surface area contributed by atoms with E-state index in [0.29, 0.717) is 0 Å². The van der Waals surface area contributed by atoms with E-state index in [-0.39, 0.29) is 0 Å². The third-order valence-electron chi connectivity index (χ3n) is 2.31. The summed E-state index contributed by atoms with van der Waals surface area (Å²) in [4.78, 5) is 2.28. The van der Waals surface area contributed by atoms with Crippen LogP contribution in [0.3, 0.4) is 0 Å². The van der Waals surface area contributed by atoms with Crippen molar-refractivity contribution in [3.63, 3.8) is 0 Å². The van der Waals surface area contributed by atoms with Crippen LogP contribution in [0, 0.1) is 11.3 Å². The van der Waals surface area contributed by atoms with Crippen molar-refractivity contribution in [2.45, 2.75) is 18.9 Å². The van der Waals surface area contributed by atoms with Crippen molar-refractivity contribution in [1.29, 1.82) is 5.26 Å². The van der Waals surface area contributed by atoms with Gasteiger partial charge in [-0.15, -0.1) is 0 Å². The summed E-state index contributed by atoms with van der Waals surface area (Å²) in [6.45, 7) is 6.18. The van der Waals surface area contributed by atoms with Gasteiger partial charge >= 0.3 is 0 Å². The number of hydrogen-bond acceptors (Lipinski definition) is 4. The SMILES string of the molecule is CC(N)(C#N)CCN1CCOCC1. The Labute approximate surface area is 79.3 Å². The molecular weight excluding hydrogens is 166 g/mol. The van der Waals surface area contributed by atoms with Crippen LogP contribution in [0.4, 0.5) is 0 Å². The molecule has 1 aliphatic heterocycles. The van der Waals surface area contributed by atoms with Crippen LogP contribution in [0.25, 0.3) is 0 Å². The quantitative estimate of drug-likeness (QED) is 0.666. The van der Waals surface area contributed by atoms with E-state index in [1.807, 2.05) is 0 Å². The standard InChI is InChI=1S/C9H17N3O/c1-9(11,8-10)2-3-12-4-6-13-7-5-12/h2-7,11H2,1H3. The third kappa shape index (κ3) is 3.73. The minimum Gasteiger partial charge on any atom is -0.379 e. The van der Waals surface area contributed by atoms with E-state index in [1.54, 1.807) is 6.92 Å². The Kier molecular flexibility index (Phi) is 3.67. The summed E-state index contributed by atoms with van der Waals surface area (Å²) in [6.07, 6.45) is 0.726. The summed E-state index contributed by atoms with van der Waals surface area (Å²) in [6, 6.07) is 2.10. The topological polar surface area (TPSA) is 62.3 Å². The number of rotatable bonds is 3. The molecule has 0 aromatic heterocycles. The zero-order chi connectivity index (χ0) is 9.73.